The van der Waals surface area contributed by atoms with E-state index in [-0.39, 0.29) is 12.2 Å². The van der Waals surface area contributed by atoms with Crippen LogP contribution < -0.4 is 0 Å². The van der Waals surface area contributed by atoms with Crippen molar-refractivity contribution < 1.29 is 24.2 Å². The second kappa shape index (κ2) is 4.48. The SMILES string of the molecule is CC(=O)CC(=O)O[C@@H](C)C(=O)O. The van der Waals surface area contributed by atoms with Gasteiger partial charge >= 0.3 is 11.9 Å². The van der Waals surface area contributed by atoms with Crippen molar-refractivity contribution >= 4 is 17.7 Å². The van der Waals surface area contributed by atoms with Gasteiger partial charge in [-0.15, -0.1) is 0 Å². The lowest BCUT2D eigenvalue weighted by atomic mass is 10.3. The fraction of sp³-hybridized carbons (Fsp3) is 0.571. The van der Waals surface area contributed by atoms with E-state index in [0.717, 1.165) is 0 Å². The van der Waals surface area contributed by atoms with Crippen LogP contribution >= 0.6 is 0 Å². The minimum absolute atomic E-state index is 0.349. The number of carboxylic acid groups (broad SMARTS) is 1. The van der Waals surface area contributed by atoms with Gasteiger partial charge in [-0.1, -0.05) is 0 Å². The summed E-state index contributed by atoms with van der Waals surface area (Å²) in [6.45, 7) is 2.45. The van der Waals surface area contributed by atoms with E-state index in [1.807, 2.05) is 0 Å². The number of carbonyl (C=O) groups is 3. The van der Waals surface area contributed by atoms with Gasteiger partial charge in [0.2, 0.25) is 0 Å². The molecular weight excluding hydrogens is 164 g/mol. The number of hydrogen-bond donors (Lipinski definition) is 1. The first kappa shape index (κ1) is 10.6. The van der Waals surface area contributed by atoms with Gasteiger partial charge in [0.25, 0.3) is 0 Å². The van der Waals surface area contributed by atoms with Gasteiger partial charge in [0, 0.05) is 0 Å². The topological polar surface area (TPSA) is 80.7 Å². The highest BCUT2D eigenvalue weighted by Crippen LogP contribution is 1.95. The van der Waals surface area contributed by atoms with Gasteiger partial charge in [-0.25, -0.2) is 4.79 Å². The van der Waals surface area contributed by atoms with Gasteiger partial charge in [-0.05, 0) is 13.8 Å². The minimum atomic E-state index is -1.23. The summed E-state index contributed by atoms with van der Waals surface area (Å²) in [7, 11) is 0. The average Bonchev–Trinajstić information content (AvgIpc) is 1.84. The van der Waals surface area contributed by atoms with E-state index in [0.29, 0.717) is 0 Å². The van der Waals surface area contributed by atoms with E-state index < -0.39 is 18.0 Å². The van der Waals surface area contributed by atoms with E-state index in [9.17, 15) is 14.4 Å². The molecule has 0 fully saturated rings. The third-order valence-electron chi connectivity index (χ3n) is 1.05. The Bertz CT molecular complexity index is 208. The van der Waals surface area contributed by atoms with Crippen LogP contribution in [0.2, 0.25) is 0 Å². The molecule has 0 bridgehead atoms. The predicted octanol–water partition coefficient (Wildman–Crippen LogP) is -0.0182. The molecular formula is C7H10O5. The highest BCUT2D eigenvalue weighted by atomic mass is 16.6. The van der Waals surface area contributed by atoms with Crippen molar-refractivity contribution in [3.63, 3.8) is 0 Å². The zero-order chi connectivity index (χ0) is 9.72. The van der Waals surface area contributed by atoms with Gasteiger partial charge in [0.1, 0.15) is 12.2 Å². The van der Waals surface area contributed by atoms with Crippen LogP contribution in [0.25, 0.3) is 0 Å². The Morgan fingerprint density at radius 1 is 1.42 bits per heavy atom. The number of Topliss-reactive ketones (excluding diaryl/α,β-unsaturated/α-hetero) is 1. The van der Waals surface area contributed by atoms with Crippen LogP contribution in [0.15, 0.2) is 0 Å². The molecule has 0 radical (unpaired) electrons. The molecule has 0 aromatic heterocycles. The Morgan fingerprint density at radius 2 is 1.92 bits per heavy atom. The quantitative estimate of drug-likeness (QED) is 0.478. The van der Waals surface area contributed by atoms with Gasteiger partial charge < -0.3 is 9.84 Å². The molecule has 0 rings (SSSR count). The Balaban J connectivity index is 3.85. The van der Waals surface area contributed by atoms with Gasteiger partial charge in [-0.2, -0.15) is 0 Å². The minimum Gasteiger partial charge on any atom is -0.479 e. The average molecular weight is 174 g/mol. The lowest BCUT2D eigenvalue weighted by Crippen LogP contribution is -2.24. The molecule has 0 heterocycles. The number of ketones is 1. The number of carboxylic acids is 1. The van der Waals surface area contributed by atoms with Crippen LogP contribution in [0.4, 0.5) is 0 Å². The summed E-state index contributed by atoms with van der Waals surface area (Å²) >= 11 is 0. The molecule has 1 N–H and O–H groups in total. The predicted molar refractivity (Wildman–Crippen MR) is 38.5 cm³/mol. The summed E-state index contributed by atoms with van der Waals surface area (Å²) < 4.78 is 4.36. The summed E-state index contributed by atoms with van der Waals surface area (Å²) in [5.74, 6) is -2.39. The lowest BCUT2D eigenvalue weighted by molar-refractivity contribution is -0.163. The molecule has 5 heteroatoms. The molecule has 0 saturated carbocycles. The molecule has 0 aliphatic carbocycles. The zero-order valence-corrected chi connectivity index (χ0v) is 6.86. The van der Waals surface area contributed by atoms with E-state index in [1.54, 1.807) is 0 Å². The Kier molecular flexibility index (Phi) is 3.96. The fourth-order valence-corrected chi connectivity index (χ4v) is 0.493. The van der Waals surface area contributed by atoms with Crippen molar-refractivity contribution in [2.45, 2.75) is 26.4 Å². The molecule has 0 aliphatic heterocycles. The van der Waals surface area contributed by atoms with Crippen molar-refractivity contribution in [2.24, 2.45) is 0 Å². The van der Waals surface area contributed by atoms with E-state index in [2.05, 4.69) is 4.74 Å². The van der Waals surface area contributed by atoms with Crippen LogP contribution in [-0.4, -0.2) is 28.9 Å². The molecule has 0 spiro atoms. The number of rotatable bonds is 4. The highest BCUT2D eigenvalue weighted by Gasteiger charge is 2.16. The van der Waals surface area contributed by atoms with E-state index in [4.69, 9.17) is 5.11 Å². The second-order valence-electron chi connectivity index (χ2n) is 2.35. The maximum Gasteiger partial charge on any atom is 0.344 e. The van der Waals surface area contributed by atoms with Crippen LogP contribution in [0.5, 0.6) is 0 Å². The van der Waals surface area contributed by atoms with Crippen LogP contribution in [0.1, 0.15) is 20.3 Å². The third kappa shape index (κ3) is 4.43. The van der Waals surface area contributed by atoms with Crippen molar-refractivity contribution in [1.82, 2.24) is 0 Å². The Morgan fingerprint density at radius 3 is 2.25 bits per heavy atom. The normalized spacial score (nSPS) is 11.8. The second-order valence-corrected chi connectivity index (χ2v) is 2.35. The molecule has 0 aromatic carbocycles. The van der Waals surface area contributed by atoms with Gasteiger partial charge in [-0.3, -0.25) is 9.59 Å². The van der Waals surface area contributed by atoms with Crippen LogP contribution in [-0.2, 0) is 19.1 Å². The number of aliphatic carboxylic acids is 1. The molecule has 5 nitrogen and oxygen atoms in total. The van der Waals surface area contributed by atoms with Gasteiger partial charge in [0.05, 0.1) is 0 Å². The number of carbonyl (C=O) groups excluding carboxylic acids is 2. The van der Waals surface area contributed by atoms with Crippen molar-refractivity contribution in [3.8, 4) is 0 Å². The number of hydrogen-bond acceptors (Lipinski definition) is 4. The summed E-state index contributed by atoms with van der Waals surface area (Å²) in [6, 6.07) is 0. The third-order valence-corrected chi connectivity index (χ3v) is 1.05. The smallest absolute Gasteiger partial charge is 0.344 e. The number of ether oxygens (including phenoxy) is 1. The molecule has 0 unspecified atom stereocenters. The first-order valence-electron chi connectivity index (χ1n) is 3.35. The molecule has 68 valence electrons. The zero-order valence-electron chi connectivity index (χ0n) is 6.86. The summed E-state index contributed by atoms with van der Waals surface area (Å²) in [4.78, 5) is 31.2. The van der Waals surface area contributed by atoms with E-state index >= 15 is 0 Å². The van der Waals surface area contributed by atoms with Crippen LogP contribution in [0, 0.1) is 0 Å². The maximum atomic E-state index is 10.7. The molecule has 12 heavy (non-hydrogen) atoms. The fourth-order valence-electron chi connectivity index (χ4n) is 0.493. The molecule has 0 saturated heterocycles. The highest BCUT2D eigenvalue weighted by molar-refractivity contribution is 5.94. The van der Waals surface area contributed by atoms with Crippen molar-refractivity contribution in [1.29, 1.82) is 0 Å². The first-order valence-corrected chi connectivity index (χ1v) is 3.35. The monoisotopic (exact) mass is 174 g/mol. The van der Waals surface area contributed by atoms with Crippen molar-refractivity contribution in [2.75, 3.05) is 0 Å². The molecule has 0 aliphatic rings. The standard InChI is InChI=1S/C7H10O5/c1-4(8)3-6(9)12-5(2)7(10)11/h5H,3H2,1-2H3,(H,10,11)/t5-/m0/s1. The maximum absolute atomic E-state index is 10.7. The largest absolute Gasteiger partial charge is 0.479 e. The first-order chi connectivity index (χ1) is 5.43. The Hall–Kier alpha value is -1.39. The molecule has 0 amide bonds. The molecule has 1 atom stereocenters. The summed E-state index contributed by atoms with van der Waals surface area (Å²) in [5.41, 5.74) is 0. The summed E-state index contributed by atoms with van der Waals surface area (Å²) in [6.07, 6.45) is -1.57. The Labute approximate surface area is 69.3 Å². The lowest BCUT2D eigenvalue weighted by Gasteiger charge is -2.06. The van der Waals surface area contributed by atoms with Crippen molar-refractivity contribution in [3.05, 3.63) is 0 Å². The van der Waals surface area contributed by atoms with E-state index in [1.165, 1.54) is 13.8 Å². The van der Waals surface area contributed by atoms with Gasteiger partial charge in [0.15, 0.2) is 6.10 Å². The van der Waals surface area contributed by atoms with Crippen LogP contribution in [0.3, 0.4) is 0 Å². The number of esters is 1. The molecule has 0 aromatic rings. The summed E-state index contributed by atoms with van der Waals surface area (Å²) in [5, 5.41) is 8.30.